The number of rotatable bonds is 5. The molecule has 11 heavy (non-hydrogen) atoms. The van der Waals surface area contributed by atoms with Gasteiger partial charge >= 0.3 is 0 Å². The van der Waals surface area contributed by atoms with E-state index in [0.717, 1.165) is 13.0 Å². The average Bonchev–Trinajstić information content (AvgIpc) is 1.87. The standard InChI is InChI=1S/C8H16N2O/c1-7(3-5-9)10-6-4-8(2)11/h7-8,10-11H,3-4,6H2,1-2H3. The van der Waals surface area contributed by atoms with Crippen LogP contribution >= 0.6 is 0 Å². The van der Waals surface area contributed by atoms with Crippen molar-refractivity contribution in [3.63, 3.8) is 0 Å². The van der Waals surface area contributed by atoms with E-state index in [-0.39, 0.29) is 12.1 Å². The lowest BCUT2D eigenvalue weighted by Gasteiger charge is -2.10. The highest BCUT2D eigenvalue weighted by molar-refractivity contribution is 4.77. The number of aliphatic hydroxyl groups excluding tert-OH is 1. The van der Waals surface area contributed by atoms with Gasteiger partial charge in [-0.2, -0.15) is 5.26 Å². The van der Waals surface area contributed by atoms with Gasteiger partial charge in [-0.15, -0.1) is 0 Å². The van der Waals surface area contributed by atoms with Gasteiger partial charge in [0.2, 0.25) is 0 Å². The molecule has 0 saturated carbocycles. The van der Waals surface area contributed by atoms with Crippen LogP contribution in [0.25, 0.3) is 0 Å². The number of nitrogens with one attached hydrogen (secondary N) is 1. The maximum Gasteiger partial charge on any atom is 0.0638 e. The fourth-order valence-electron chi connectivity index (χ4n) is 0.748. The molecule has 0 radical (unpaired) electrons. The molecule has 0 bridgehead atoms. The van der Waals surface area contributed by atoms with Crippen molar-refractivity contribution in [2.75, 3.05) is 6.54 Å². The first-order valence-corrected chi connectivity index (χ1v) is 3.95. The molecular weight excluding hydrogens is 140 g/mol. The van der Waals surface area contributed by atoms with Crippen molar-refractivity contribution in [1.82, 2.24) is 5.32 Å². The topological polar surface area (TPSA) is 56.0 Å². The van der Waals surface area contributed by atoms with E-state index in [2.05, 4.69) is 11.4 Å². The Balaban J connectivity index is 3.18. The second-order valence-corrected chi connectivity index (χ2v) is 2.86. The summed E-state index contributed by atoms with van der Waals surface area (Å²) in [5.74, 6) is 0. The fourth-order valence-corrected chi connectivity index (χ4v) is 0.748. The van der Waals surface area contributed by atoms with E-state index in [1.54, 1.807) is 6.92 Å². The SMILES string of the molecule is CC(O)CCNC(C)CC#N. The van der Waals surface area contributed by atoms with Crippen molar-refractivity contribution in [1.29, 1.82) is 5.26 Å². The second-order valence-electron chi connectivity index (χ2n) is 2.86. The molecule has 64 valence electrons. The highest BCUT2D eigenvalue weighted by atomic mass is 16.3. The van der Waals surface area contributed by atoms with Crippen molar-refractivity contribution in [2.45, 2.75) is 38.8 Å². The minimum absolute atomic E-state index is 0.235. The van der Waals surface area contributed by atoms with Gasteiger partial charge < -0.3 is 10.4 Å². The predicted octanol–water partition coefficient (Wildman–Crippen LogP) is 0.649. The van der Waals surface area contributed by atoms with Gasteiger partial charge in [0.25, 0.3) is 0 Å². The van der Waals surface area contributed by atoms with Gasteiger partial charge in [-0.1, -0.05) is 0 Å². The highest BCUT2D eigenvalue weighted by Crippen LogP contribution is 1.90. The lowest BCUT2D eigenvalue weighted by Crippen LogP contribution is -2.28. The summed E-state index contributed by atoms with van der Waals surface area (Å²) in [7, 11) is 0. The summed E-state index contributed by atoms with van der Waals surface area (Å²) in [5.41, 5.74) is 0. The Kier molecular flexibility index (Phi) is 5.81. The molecule has 0 aliphatic rings. The first-order valence-electron chi connectivity index (χ1n) is 3.95. The molecule has 0 fully saturated rings. The zero-order chi connectivity index (χ0) is 8.69. The van der Waals surface area contributed by atoms with Gasteiger partial charge in [-0.3, -0.25) is 0 Å². The predicted molar refractivity (Wildman–Crippen MR) is 44.0 cm³/mol. The summed E-state index contributed by atoms with van der Waals surface area (Å²) >= 11 is 0. The molecule has 0 aromatic heterocycles. The molecule has 2 unspecified atom stereocenters. The smallest absolute Gasteiger partial charge is 0.0638 e. The highest BCUT2D eigenvalue weighted by Gasteiger charge is 2.00. The normalized spacial score (nSPS) is 15.5. The third-order valence-electron chi connectivity index (χ3n) is 1.45. The lowest BCUT2D eigenvalue weighted by molar-refractivity contribution is 0.182. The van der Waals surface area contributed by atoms with Crippen molar-refractivity contribution in [3.05, 3.63) is 0 Å². The van der Waals surface area contributed by atoms with E-state index < -0.39 is 0 Å². The van der Waals surface area contributed by atoms with Crippen molar-refractivity contribution in [2.24, 2.45) is 0 Å². The third-order valence-corrected chi connectivity index (χ3v) is 1.45. The molecule has 0 aliphatic heterocycles. The van der Waals surface area contributed by atoms with Crippen LogP contribution in [0, 0.1) is 11.3 Å². The Bertz CT molecular complexity index is 129. The van der Waals surface area contributed by atoms with Gasteiger partial charge in [-0.25, -0.2) is 0 Å². The Labute approximate surface area is 68.0 Å². The van der Waals surface area contributed by atoms with E-state index >= 15 is 0 Å². The maximum atomic E-state index is 8.89. The fraction of sp³-hybridized carbons (Fsp3) is 0.875. The Morgan fingerprint density at radius 2 is 2.18 bits per heavy atom. The number of hydrogen-bond acceptors (Lipinski definition) is 3. The van der Waals surface area contributed by atoms with Crippen LogP contribution in [0.4, 0.5) is 0 Å². The molecule has 3 heteroatoms. The zero-order valence-corrected chi connectivity index (χ0v) is 7.17. The molecule has 0 amide bonds. The van der Waals surface area contributed by atoms with E-state index in [4.69, 9.17) is 10.4 Å². The number of nitriles is 1. The van der Waals surface area contributed by atoms with Crippen LogP contribution in [-0.2, 0) is 0 Å². The third kappa shape index (κ3) is 7.31. The quantitative estimate of drug-likeness (QED) is 0.614. The molecule has 3 nitrogen and oxygen atoms in total. The van der Waals surface area contributed by atoms with Gasteiger partial charge in [-0.05, 0) is 26.8 Å². The molecular formula is C8H16N2O. The van der Waals surface area contributed by atoms with E-state index in [1.165, 1.54) is 0 Å². The zero-order valence-electron chi connectivity index (χ0n) is 7.17. The molecule has 0 rings (SSSR count). The number of aliphatic hydroxyl groups is 1. The second kappa shape index (κ2) is 6.14. The Hall–Kier alpha value is -0.590. The van der Waals surface area contributed by atoms with Crippen molar-refractivity contribution in [3.8, 4) is 6.07 Å². The van der Waals surface area contributed by atoms with Crippen LogP contribution in [0.15, 0.2) is 0 Å². The molecule has 0 aliphatic carbocycles. The summed E-state index contributed by atoms with van der Waals surface area (Å²) in [6.45, 7) is 4.50. The van der Waals surface area contributed by atoms with E-state index in [9.17, 15) is 0 Å². The summed E-state index contributed by atoms with van der Waals surface area (Å²) in [5, 5.41) is 20.3. The first-order chi connectivity index (χ1) is 5.16. The molecule has 0 aromatic carbocycles. The minimum Gasteiger partial charge on any atom is -0.393 e. The van der Waals surface area contributed by atoms with Gasteiger partial charge in [0, 0.05) is 6.04 Å². The Morgan fingerprint density at radius 3 is 2.64 bits per heavy atom. The van der Waals surface area contributed by atoms with Crippen LogP contribution in [0.3, 0.4) is 0 Å². The largest absolute Gasteiger partial charge is 0.393 e. The van der Waals surface area contributed by atoms with Gasteiger partial charge in [0.1, 0.15) is 0 Å². The summed E-state index contributed by atoms with van der Waals surface area (Å²) in [6, 6.07) is 2.32. The van der Waals surface area contributed by atoms with Crippen molar-refractivity contribution >= 4 is 0 Å². The number of hydrogen-bond donors (Lipinski definition) is 2. The van der Waals surface area contributed by atoms with Crippen molar-refractivity contribution < 1.29 is 5.11 Å². The number of nitrogens with zero attached hydrogens (tertiary/aromatic N) is 1. The van der Waals surface area contributed by atoms with Gasteiger partial charge in [0.05, 0.1) is 18.6 Å². The molecule has 0 heterocycles. The van der Waals surface area contributed by atoms with Gasteiger partial charge in [0.15, 0.2) is 0 Å². The Morgan fingerprint density at radius 1 is 1.55 bits per heavy atom. The lowest BCUT2D eigenvalue weighted by atomic mass is 10.2. The van der Waals surface area contributed by atoms with Crippen LogP contribution in [0.2, 0.25) is 0 Å². The molecule has 0 spiro atoms. The van der Waals surface area contributed by atoms with Crippen LogP contribution < -0.4 is 5.32 Å². The first kappa shape index (κ1) is 10.4. The molecule has 2 N–H and O–H groups in total. The molecule has 0 aromatic rings. The summed E-state index contributed by atoms with van der Waals surface area (Å²) in [6.07, 6.45) is 1.02. The van der Waals surface area contributed by atoms with Crippen LogP contribution in [0.5, 0.6) is 0 Å². The minimum atomic E-state index is -0.253. The van der Waals surface area contributed by atoms with Crippen LogP contribution in [-0.4, -0.2) is 23.8 Å². The average molecular weight is 156 g/mol. The summed E-state index contributed by atoms with van der Waals surface area (Å²) < 4.78 is 0. The monoisotopic (exact) mass is 156 g/mol. The summed E-state index contributed by atoms with van der Waals surface area (Å²) in [4.78, 5) is 0. The molecule has 2 atom stereocenters. The van der Waals surface area contributed by atoms with E-state index in [1.807, 2.05) is 6.92 Å². The maximum absolute atomic E-state index is 8.89. The van der Waals surface area contributed by atoms with E-state index in [0.29, 0.717) is 6.42 Å². The van der Waals surface area contributed by atoms with Crippen LogP contribution in [0.1, 0.15) is 26.7 Å². The molecule has 0 saturated heterocycles.